The maximum Gasteiger partial charge on any atom is 0.110 e. The number of hydrogen-bond acceptors (Lipinski definition) is 2. The fraction of sp³-hybridized carbons (Fsp3) is 0.588. The summed E-state index contributed by atoms with van der Waals surface area (Å²) in [4.78, 5) is 4.86. The third-order valence-corrected chi connectivity index (χ3v) is 4.77. The smallest absolute Gasteiger partial charge is 0.110 e. The van der Waals surface area contributed by atoms with E-state index < -0.39 is 0 Å². The number of aromatic nitrogens is 2. The van der Waals surface area contributed by atoms with Crippen LogP contribution in [0.1, 0.15) is 58.3 Å². The summed E-state index contributed by atoms with van der Waals surface area (Å²) in [7, 11) is 0. The minimum absolute atomic E-state index is 0.359. The highest BCUT2D eigenvalue weighted by Gasteiger charge is 2.37. The Hall–Kier alpha value is -1.51. The maximum absolute atomic E-state index is 5.91. The van der Waals surface area contributed by atoms with Gasteiger partial charge in [-0.05, 0) is 42.9 Å². The fourth-order valence-electron chi connectivity index (χ4n) is 3.70. The highest BCUT2D eigenvalue weighted by Crippen LogP contribution is 2.47. The molecule has 1 heterocycles. The van der Waals surface area contributed by atoms with Gasteiger partial charge in [0.05, 0.1) is 11.0 Å². The van der Waals surface area contributed by atoms with Crippen molar-refractivity contribution < 1.29 is 0 Å². The van der Waals surface area contributed by atoms with Gasteiger partial charge in [0.25, 0.3) is 0 Å². The van der Waals surface area contributed by atoms with E-state index in [2.05, 4.69) is 31.4 Å². The Kier molecular flexibility index (Phi) is 3.23. The maximum atomic E-state index is 5.91. The SMILES string of the molecule is CCCc1nc2cc(N)ccc2n1C1CCCC1(C)C. The van der Waals surface area contributed by atoms with Crippen LogP contribution in [0, 0.1) is 5.41 Å². The molecule has 0 bridgehead atoms. The summed E-state index contributed by atoms with van der Waals surface area (Å²) in [5, 5.41) is 0. The summed E-state index contributed by atoms with van der Waals surface area (Å²) in [5.74, 6) is 1.23. The van der Waals surface area contributed by atoms with E-state index in [9.17, 15) is 0 Å². The summed E-state index contributed by atoms with van der Waals surface area (Å²) < 4.78 is 2.51. The molecule has 0 aliphatic heterocycles. The number of nitrogens with zero attached hydrogens (tertiary/aromatic N) is 2. The third kappa shape index (κ3) is 2.09. The van der Waals surface area contributed by atoms with Crippen LogP contribution < -0.4 is 5.73 Å². The van der Waals surface area contributed by atoms with E-state index in [1.165, 1.54) is 30.6 Å². The molecule has 0 amide bonds. The average molecular weight is 271 g/mol. The van der Waals surface area contributed by atoms with Crippen molar-refractivity contribution >= 4 is 16.7 Å². The number of anilines is 1. The molecule has 2 N–H and O–H groups in total. The van der Waals surface area contributed by atoms with Crippen molar-refractivity contribution in [2.75, 3.05) is 5.73 Å². The molecular formula is C17H25N3. The summed E-state index contributed by atoms with van der Waals surface area (Å²) in [6.45, 7) is 7.00. The second kappa shape index (κ2) is 4.80. The molecule has 1 fully saturated rings. The Morgan fingerprint density at radius 1 is 1.40 bits per heavy atom. The van der Waals surface area contributed by atoms with Crippen LogP contribution in [-0.4, -0.2) is 9.55 Å². The molecule has 1 aliphatic carbocycles. The first-order valence-corrected chi connectivity index (χ1v) is 7.79. The van der Waals surface area contributed by atoms with Crippen molar-refractivity contribution in [1.29, 1.82) is 0 Å². The lowest BCUT2D eigenvalue weighted by molar-refractivity contribution is 0.260. The normalized spacial score (nSPS) is 21.6. The largest absolute Gasteiger partial charge is 0.399 e. The minimum Gasteiger partial charge on any atom is -0.399 e. The predicted molar refractivity (Wildman–Crippen MR) is 84.8 cm³/mol. The topological polar surface area (TPSA) is 43.8 Å². The molecule has 1 saturated carbocycles. The lowest BCUT2D eigenvalue weighted by Gasteiger charge is -2.30. The number of aryl methyl sites for hydroxylation is 1. The van der Waals surface area contributed by atoms with E-state index in [1.807, 2.05) is 12.1 Å². The molecule has 1 aromatic heterocycles. The van der Waals surface area contributed by atoms with Crippen LogP contribution in [0.5, 0.6) is 0 Å². The molecule has 108 valence electrons. The number of nitrogens with two attached hydrogens (primary N) is 1. The zero-order chi connectivity index (χ0) is 14.3. The Morgan fingerprint density at radius 2 is 2.20 bits per heavy atom. The summed E-state index contributed by atoms with van der Waals surface area (Å²) in [6.07, 6.45) is 6.06. The molecular weight excluding hydrogens is 246 g/mol. The number of benzene rings is 1. The van der Waals surface area contributed by atoms with Gasteiger partial charge in [-0.3, -0.25) is 0 Å². The monoisotopic (exact) mass is 271 g/mol. The molecule has 3 rings (SSSR count). The highest BCUT2D eigenvalue weighted by molar-refractivity contribution is 5.80. The molecule has 3 heteroatoms. The molecule has 2 aromatic rings. The first kappa shape index (κ1) is 13.5. The van der Waals surface area contributed by atoms with E-state index in [4.69, 9.17) is 10.7 Å². The standard InChI is InChI=1S/C17H25N3/c1-4-6-16-19-13-11-12(18)8-9-14(13)20(16)15-7-5-10-17(15,2)3/h8-9,11,15H,4-7,10,18H2,1-3H3. The molecule has 0 saturated heterocycles. The van der Waals surface area contributed by atoms with E-state index >= 15 is 0 Å². The third-order valence-electron chi connectivity index (χ3n) is 4.77. The first-order valence-electron chi connectivity index (χ1n) is 7.79. The number of fused-ring (bicyclic) bond motifs is 1. The van der Waals surface area contributed by atoms with Gasteiger partial charge in [0.1, 0.15) is 5.82 Å². The summed E-state index contributed by atoms with van der Waals surface area (Å²) in [6, 6.07) is 6.72. The van der Waals surface area contributed by atoms with Gasteiger partial charge >= 0.3 is 0 Å². The van der Waals surface area contributed by atoms with Crippen LogP contribution in [0.4, 0.5) is 5.69 Å². The van der Waals surface area contributed by atoms with Gasteiger partial charge in [0.15, 0.2) is 0 Å². The molecule has 0 radical (unpaired) electrons. The van der Waals surface area contributed by atoms with Crippen molar-refractivity contribution in [3.8, 4) is 0 Å². The molecule has 1 unspecified atom stereocenters. The second-order valence-corrected chi connectivity index (χ2v) is 6.79. The highest BCUT2D eigenvalue weighted by atomic mass is 15.1. The first-order chi connectivity index (χ1) is 9.53. The van der Waals surface area contributed by atoms with Gasteiger partial charge in [0.2, 0.25) is 0 Å². The molecule has 1 aromatic carbocycles. The van der Waals surface area contributed by atoms with Gasteiger partial charge < -0.3 is 10.3 Å². The molecule has 1 aliphatic rings. The van der Waals surface area contributed by atoms with Crippen LogP contribution in [0.15, 0.2) is 18.2 Å². The van der Waals surface area contributed by atoms with Crippen molar-refractivity contribution in [3.63, 3.8) is 0 Å². The predicted octanol–water partition coefficient (Wildman–Crippen LogP) is 4.32. The molecule has 0 spiro atoms. The molecule has 1 atom stereocenters. The van der Waals surface area contributed by atoms with E-state index in [0.29, 0.717) is 11.5 Å². The van der Waals surface area contributed by atoms with Crippen LogP contribution in [0.3, 0.4) is 0 Å². The van der Waals surface area contributed by atoms with Crippen molar-refractivity contribution in [1.82, 2.24) is 9.55 Å². The lowest BCUT2D eigenvalue weighted by atomic mass is 9.87. The Balaban J connectivity index is 2.18. The van der Waals surface area contributed by atoms with Crippen LogP contribution in [-0.2, 0) is 6.42 Å². The lowest BCUT2D eigenvalue weighted by Crippen LogP contribution is -2.23. The molecule has 20 heavy (non-hydrogen) atoms. The van der Waals surface area contributed by atoms with Gasteiger partial charge in [0, 0.05) is 18.2 Å². The zero-order valence-corrected chi connectivity index (χ0v) is 12.8. The quantitative estimate of drug-likeness (QED) is 0.845. The average Bonchev–Trinajstić information content (AvgIpc) is 2.88. The van der Waals surface area contributed by atoms with Crippen molar-refractivity contribution in [2.24, 2.45) is 5.41 Å². The van der Waals surface area contributed by atoms with Gasteiger partial charge in [-0.25, -0.2) is 4.98 Å². The fourth-order valence-corrected chi connectivity index (χ4v) is 3.70. The summed E-state index contributed by atoms with van der Waals surface area (Å²) >= 11 is 0. The number of hydrogen-bond donors (Lipinski definition) is 1. The summed E-state index contributed by atoms with van der Waals surface area (Å²) in [5.41, 5.74) is 9.38. The van der Waals surface area contributed by atoms with Crippen LogP contribution in [0.25, 0.3) is 11.0 Å². The Labute approximate surface area is 121 Å². The van der Waals surface area contributed by atoms with Crippen LogP contribution in [0.2, 0.25) is 0 Å². The number of imidazole rings is 1. The van der Waals surface area contributed by atoms with Crippen LogP contribution >= 0.6 is 0 Å². The van der Waals surface area contributed by atoms with E-state index in [0.717, 1.165) is 24.0 Å². The number of nitrogen functional groups attached to an aromatic ring is 1. The van der Waals surface area contributed by atoms with E-state index in [1.54, 1.807) is 0 Å². The van der Waals surface area contributed by atoms with Gasteiger partial charge in [-0.2, -0.15) is 0 Å². The molecule has 3 nitrogen and oxygen atoms in total. The minimum atomic E-state index is 0.359. The van der Waals surface area contributed by atoms with Crippen molar-refractivity contribution in [2.45, 2.75) is 58.9 Å². The Morgan fingerprint density at radius 3 is 2.85 bits per heavy atom. The van der Waals surface area contributed by atoms with Crippen molar-refractivity contribution in [3.05, 3.63) is 24.0 Å². The van der Waals surface area contributed by atoms with Gasteiger partial charge in [-0.15, -0.1) is 0 Å². The second-order valence-electron chi connectivity index (χ2n) is 6.79. The van der Waals surface area contributed by atoms with E-state index in [-0.39, 0.29) is 0 Å². The Bertz CT molecular complexity index is 624. The number of rotatable bonds is 3. The zero-order valence-electron chi connectivity index (χ0n) is 12.8. The van der Waals surface area contributed by atoms with Gasteiger partial charge in [-0.1, -0.05) is 27.2 Å².